The molecule has 0 bridgehead atoms. The van der Waals surface area contributed by atoms with Crippen LogP contribution in [0.25, 0.3) is 0 Å². The third-order valence-corrected chi connectivity index (χ3v) is 3.91. The minimum Gasteiger partial charge on any atom is -0.382 e. The molecule has 1 amide bonds. The van der Waals surface area contributed by atoms with Crippen LogP contribution in [0, 0.1) is 0 Å². The van der Waals surface area contributed by atoms with Gasteiger partial charge in [0.15, 0.2) is 0 Å². The van der Waals surface area contributed by atoms with Gasteiger partial charge in [0.05, 0.1) is 24.0 Å². The Morgan fingerprint density at radius 3 is 2.95 bits per heavy atom. The number of amides is 1. The Hall–Kier alpha value is -1.40. The van der Waals surface area contributed by atoms with E-state index in [9.17, 15) is 4.79 Å². The van der Waals surface area contributed by atoms with Gasteiger partial charge >= 0.3 is 0 Å². The van der Waals surface area contributed by atoms with Gasteiger partial charge in [-0.15, -0.1) is 0 Å². The van der Waals surface area contributed by atoms with E-state index < -0.39 is 0 Å². The number of aromatic nitrogens is 1. The van der Waals surface area contributed by atoms with E-state index in [0.29, 0.717) is 31.2 Å². The molecule has 0 spiro atoms. The molecule has 6 nitrogen and oxygen atoms in total. The number of nitrogens with zero attached hydrogens (tertiary/aromatic N) is 2. The zero-order valence-electron chi connectivity index (χ0n) is 12.8. The molecule has 1 saturated carbocycles. The molecule has 21 heavy (non-hydrogen) atoms. The minimum absolute atomic E-state index is 0.0179. The molecule has 2 fully saturated rings. The molecular weight excluding hydrogens is 272 g/mol. The predicted octanol–water partition coefficient (Wildman–Crippen LogP) is 1.82. The number of carbonyl (C=O) groups excluding carboxylic acids is 1. The molecule has 6 heteroatoms. The second-order valence-electron chi connectivity index (χ2n) is 6.53. The van der Waals surface area contributed by atoms with Gasteiger partial charge in [-0.1, -0.05) is 5.16 Å². The lowest BCUT2D eigenvalue weighted by Crippen LogP contribution is -2.55. The summed E-state index contributed by atoms with van der Waals surface area (Å²) >= 11 is 0. The van der Waals surface area contributed by atoms with Gasteiger partial charge in [0, 0.05) is 26.1 Å². The summed E-state index contributed by atoms with van der Waals surface area (Å²) in [4.78, 5) is 14.6. The lowest BCUT2D eigenvalue weighted by atomic mass is 10.0. The first-order valence-corrected chi connectivity index (χ1v) is 7.40. The summed E-state index contributed by atoms with van der Waals surface area (Å²) in [6.45, 7) is 5.55. The maximum Gasteiger partial charge on any atom is 0.259 e. The predicted molar refractivity (Wildman–Crippen MR) is 75.2 cm³/mol. The number of morpholine rings is 1. The molecule has 1 aromatic rings. The Balaban J connectivity index is 1.77. The van der Waals surface area contributed by atoms with Crippen molar-refractivity contribution in [2.24, 2.45) is 0 Å². The van der Waals surface area contributed by atoms with Crippen molar-refractivity contribution < 1.29 is 18.8 Å². The van der Waals surface area contributed by atoms with Gasteiger partial charge in [-0.05, 0) is 26.7 Å². The summed E-state index contributed by atoms with van der Waals surface area (Å²) < 4.78 is 16.1. The van der Waals surface area contributed by atoms with Crippen LogP contribution in [0.5, 0.6) is 0 Å². The Morgan fingerprint density at radius 2 is 2.29 bits per heavy atom. The van der Waals surface area contributed by atoms with Gasteiger partial charge in [-0.2, -0.15) is 0 Å². The Kier molecular flexibility index (Phi) is 3.75. The third-order valence-electron chi connectivity index (χ3n) is 3.91. The summed E-state index contributed by atoms with van der Waals surface area (Å²) in [6, 6.07) is 0. The number of ether oxygens (including phenoxy) is 2. The zero-order chi connectivity index (χ0) is 15.0. The summed E-state index contributed by atoms with van der Waals surface area (Å²) in [6.07, 6.45) is 3.55. The Bertz CT molecular complexity index is 521. The number of methoxy groups -OCH3 is 1. The maximum atomic E-state index is 12.8. The lowest BCUT2D eigenvalue weighted by molar-refractivity contribution is -0.143. The first-order valence-electron chi connectivity index (χ1n) is 7.40. The van der Waals surface area contributed by atoms with Crippen LogP contribution >= 0.6 is 0 Å². The number of hydrogen-bond donors (Lipinski definition) is 0. The molecule has 3 rings (SSSR count). The summed E-state index contributed by atoms with van der Waals surface area (Å²) in [5.41, 5.74) is 1.03. The molecule has 0 unspecified atom stereocenters. The molecule has 2 heterocycles. The highest BCUT2D eigenvalue weighted by Gasteiger charge is 2.39. The largest absolute Gasteiger partial charge is 0.382 e. The molecule has 0 aromatic carbocycles. The second-order valence-corrected chi connectivity index (χ2v) is 6.53. The fourth-order valence-corrected chi connectivity index (χ4v) is 2.95. The highest BCUT2D eigenvalue weighted by Crippen LogP contribution is 2.41. The highest BCUT2D eigenvalue weighted by atomic mass is 16.5. The molecule has 1 atom stereocenters. The fourth-order valence-electron chi connectivity index (χ4n) is 2.95. The van der Waals surface area contributed by atoms with Crippen molar-refractivity contribution in [3.05, 3.63) is 17.5 Å². The first-order chi connectivity index (χ1) is 10.00. The summed E-state index contributed by atoms with van der Waals surface area (Å²) in [7, 11) is 1.64. The van der Waals surface area contributed by atoms with E-state index in [-0.39, 0.29) is 17.6 Å². The van der Waals surface area contributed by atoms with Crippen LogP contribution in [0.2, 0.25) is 0 Å². The van der Waals surface area contributed by atoms with E-state index in [1.165, 1.54) is 6.26 Å². The highest BCUT2D eigenvalue weighted by molar-refractivity contribution is 5.95. The van der Waals surface area contributed by atoms with Crippen LogP contribution in [-0.2, 0) is 9.47 Å². The maximum absolute atomic E-state index is 12.8. The summed E-state index contributed by atoms with van der Waals surface area (Å²) in [5, 5.41) is 4.01. The van der Waals surface area contributed by atoms with Gasteiger partial charge in [-0.25, -0.2) is 0 Å². The normalized spacial score (nSPS) is 25.1. The molecule has 1 saturated heterocycles. The van der Waals surface area contributed by atoms with E-state index in [1.54, 1.807) is 7.11 Å². The van der Waals surface area contributed by atoms with Crippen molar-refractivity contribution in [1.29, 1.82) is 0 Å². The molecular formula is C15H22N2O4. The van der Waals surface area contributed by atoms with Crippen molar-refractivity contribution in [1.82, 2.24) is 10.1 Å². The van der Waals surface area contributed by atoms with E-state index in [1.807, 2.05) is 18.7 Å². The first kappa shape index (κ1) is 14.5. The average Bonchev–Trinajstić information content (AvgIpc) is 3.14. The quantitative estimate of drug-likeness (QED) is 0.847. The van der Waals surface area contributed by atoms with Crippen molar-refractivity contribution in [2.45, 2.75) is 44.3 Å². The van der Waals surface area contributed by atoms with Crippen molar-refractivity contribution in [3.8, 4) is 0 Å². The number of hydrogen-bond acceptors (Lipinski definition) is 5. The zero-order valence-corrected chi connectivity index (χ0v) is 12.8. The molecule has 116 valence electrons. The van der Waals surface area contributed by atoms with E-state index in [4.69, 9.17) is 14.0 Å². The number of rotatable bonds is 4. The van der Waals surface area contributed by atoms with Gasteiger partial charge in [0.25, 0.3) is 5.91 Å². The SMILES string of the molecule is COC[C@H]1CN(C(=O)c2conc2C2CC2)CC(C)(C)O1. The van der Waals surface area contributed by atoms with Gasteiger partial charge in [0.2, 0.25) is 0 Å². The second kappa shape index (κ2) is 5.42. The van der Waals surface area contributed by atoms with E-state index in [0.717, 1.165) is 18.5 Å². The van der Waals surface area contributed by atoms with Crippen LogP contribution < -0.4 is 0 Å². The smallest absolute Gasteiger partial charge is 0.259 e. The van der Waals surface area contributed by atoms with E-state index >= 15 is 0 Å². The molecule has 0 N–H and O–H groups in total. The average molecular weight is 294 g/mol. The standard InChI is InChI=1S/C15H22N2O4/c1-15(2)9-17(6-11(21-15)7-19-3)14(18)12-8-20-16-13(12)10-4-5-10/h8,10-11H,4-7,9H2,1-3H3/t11-/m1/s1. The summed E-state index contributed by atoms with van der Waals surface area (Å²) in [5.74, 6) is 0.377. The van der Waals surface area contributed by atoms with Crippen LogP contribution in [-0.4, -0.2) is 54.5 Å². The molecule has 1 aliphatic heterocycles. The van der Waals surface area contributed by atoms with Crippen LogP contribution in [0.15, 0.2) is 10.8 Å². The monoisotopic (exact) mass is 294 g/mol. The Labute approximate surface area is 124 Å². The molecule has 0 radical (unpaired) electrons. The van der Waals surface area contributed by atoms with Crippen molar-refractivity contribution in [3.63, 3.8) is 0 Å². The van der Waals surface area contributed by atoms with Gasteiger partial charge < -0.3 is 18.9 Å². The van der Waals surface area contributed by atoms with Crippen LogP contribution in [0.1, 0.15) is 48.7 Å². The third kappa shape index (κ3) is 3.11. The fraction of sp³-hybridized carbons (Fsp3) is 0.733. The Morgan fingerprint density at radius 1 is 1.52 bits per heavy atom. The number of carbonyl (C=O) groups is 1. The van der Waals surface area contributed by atoms with Crippen LogP contribution in [0.3, 0.4) is 0 Å². The van der Waals surface area contributed by atoms with Crippen LogP contribution in [0.4, 0.5) is 0 Å². The van der Waals surface area contributed by atoms with E-state index in [2.05, 4.69) is 5.16 Å². The van der Waals surface area contributed by atoms with Crippen molar-refractivity contribution in [2.75, 3.05) is 26.8 Å². The molecule has 1 aromatic heterocycles. The van der Waals surface area contributed by atoms with Gasteiger partial charge in [-0.3, -0.25) is 4.79 Å². The lowest BCUT2D eigenvalue weighted by Gasteiger charge is -2.42. The molecule has 2 aliphatic rings. The topological polar surface area (TPSA) is 64.8 Å². The van der Waals surface area contributed by atoms with Gasteiger partial charge in [0.1, 0.15) is 11.8 Å². The minimum atomic E-state index is -0.381. The van der Waals surface area contributed by atoms with Crippen molar-refractivity contribution >= 4 is 5.91 Å². The molecule has 1 aliphatic carbocycles.